The largest absolute Gasteiger partial charge is 0.381 e. The fourth-order valence-corrected chi connectivity index (χ4v) is 4.92. The van der Waals surface area contributed by atoms with Crippen molar-refractivity contribution in [2.45, 2.75) is 51.2 Å². The van der Waals surface area contributed by atoms with Crippen molar-refractivity contribution in [2.75, 3.05) is 51.3 Å². The number of nitrogens with zero attached hydrogens (tertiary/aromatic N) is 3. The monoisotopic (exact) mass is 414 g/mol. The van der Waals surface area contributed by atoms with Crippen LogP contribution in [0.15, 0.2) is 24.3 Å². The Balaban J connectivity index is 1.28. The summed E-state index contributed by atoms with van der Waals surface area (Å²) in [6, 6.07) is 8.66. The first-order valence-corrected chi connectivity index (χ1v) is 11.3. The number of ether oxygens (including phenoxy) is 1. The van der Waals surface area contributed by atoms with Crippen molar-refractivity contribution in [1.82, 2.24) is 14.7 Å². The Bertz CT molecular complexity index is 724. The zero-order chi connectivity index (χ0) is 20.9. The molecule has 30 heavy (non-hydrogen) atoms. The molecule has 0 radical (unpaired) electrons. The van der Waals surface area contributed by atoms with Crippen LogP contribution in [0.4, 0.5) is 5.69 Å². The number of carbonyl (C=O) groups excluding carboxylic acids is 2. The number of likely N-dealkylation sites (tertiary alicyclic amines) is 1. The Morgan fingerprint density at radius 3 is 2.37 bits per heavy atom. The van der Waals surface area contributed by atoms with Crippen LogP contribution in [0.3, 0.4) is 0 Å². The molecule has 4 rings (SSSR count). The molecule has 0 bridgehead atoms. The van der Waals surface area contributed by atoms with Gasteiger partial charge in [-0.2, -0.15) is 0 Å². The average molecular weight is 415 g/mol. The number of nitrogens with one attached hydrogen (secondary N) is 1. The average Bonchev–Trinajstić information content (AvgIpc) is 3.26. The molecular weight excluding hydrogens is 380 g/mol. The first-order chi connectivity index (χ1) is 14.6. The second-order valence-corrected chi connectivity index (χ2v) is 8.71. The van der Waals surface area contributed by atoms with Gasteiger partial charge < -0.3 is 15.0 Å². The topological polar surface area (TPSA) is 65.1 Å². The van der Waals surface area contributed by atoms with Crippen molar-refractivity contribution < 1.29 is 14.3 Å². The summed E-state index contributed by atoms with van der Waals surface area (Å²) in [7, 11) is 0. The summed E-state index contributed by atoms with van der Waals surface area (Å²) >= 11 is 0. The zero-order valence-electron chi connectivity index (χ0n) is 18.0. The Hall–Kier alpha value is -1.96. The third kappa shape index (κ3) is 5.20. The van der Waals surface area contributed by atoms with Crippen LogP contribution in [0.5, 0.6) is 0 Å². The van der Waals surface area contributed by atoms with Crippen LogP contribution in [0.2, 0.25) is 0 Å². The molecule has 164 valence electrons. The van der Waals surface area contributed by atoms with Crippen LogP contribution < -0.4 is 5.32 Å². The van der Waals surface area contributed by atoms with E-state index in [1.807, 2.05) is 17.0 Å². The summed E-state index contributed by atoms with van der Waals surface area (Å²) in [5, 5.41) is 3.13. The number of benzene rings is 1. The van der Waals surface area contributed by atoms with E-state index >= 15 is 0 Å². The van der Waals surface area contributed by atoms with Crippen molar-refractivity contribution in [3.63, 3.8) is 0 Å². The van der Waals surface area contributed by atoms with Gasteiger partial charge in [0.25, 0.3) is 0 Å². The maximum Gasteiger partial charge on any atom is 0.241 e. The smallest absolute Gasteiger partial charge is 0.241 e. The fourth-order valence-electron chi connectivity index (χ4n) is 4.92. The van der Waals surface area contributed by atoms with Gasteiger partial charge in [0.15, 0.2) is 0 Å². The maximum absolute atomic E-state index is 12.9. The minimum Gasteiger partial charge on any atom is -0.381 e. The molecule has 1 aromatic rings. The van der Waals surface area contributed by atoms with E-state index in [1.54, 1.807) is 6.92 Å². The van der Waals surface area contributed by atoms with Crippen LogP contribution in [-0.2, 0) is 20.9 Å². The van der Waals surface area contributed by atoms with Gasteiger partial charge in [0.05, 0.1) is 6.04 Å². The second-order valence-electron chi connectivity index (χ2n) is 8.71. The van der Waals surface area contributed by atoms with Crippen LogP contribution in [0, 0.1) is 0 Å². The third-order valence-electron chi connectivity index (χ3n) is 6.70. The van der Waals surface area contributed by atoms with Crippen molar-refractivity contribution >= 4 is 17.5 Å². The van der Waals surface area contributed by atoms with Gasteiger partial charge in [-0.1, -0.05) is 12.1 Å². The quantitative estimate of drug-likeness (QED) is 0.798. The normalized spacial score (nSPS) is 24.2. The summed E-state index contributed by atoms with van der Waals surface area (Å²) in [4.78, 5) is 31.1. The van der Waals surface area contributed by atoms with Crippen molar-refractivity contribution in [1.29, 1.82) is 0 Å². The van der Waals surface area contributed by atoms with Gasteiger partial charge in [0.2, 0.25) is 11.8 Å². The highest BCUT2D eigenvalue weighted by Crippen LogP contribution is 2.26. The molecule has 0 saturated carbocycles. The first kappa shape index (κ1) is 21.3. The molecule has 1 N–H and O–H groups in total. The highest BCUT2D eigenvalue weighted by Gasteiger charge is 2.35. The highest BCUT2D eigenvalue weighted by molar-refractivity contribution is 5.95. The van der Waals surface area contributed by atoms with Gasteiger partial charge in [-0.3, -0.25) is 19.4 Å². The molecule has 1 aromatic carbocycles. The van der Waals surface area contributed by atoms with Crippen molar-refractivity contribution in [2.24, 2.45) is 0 Å². The summed E-state index contributed by atoms with van der Waals surface area (Å²) in [5.41, 5.74) is 2.10. The lowest BCUT2D eigenvalue weighted by atomic mass is 10.1. The number of piperazine rings is 1. The summed E-state index contributed by atoms with van der Waals surface area (Å²) in [6.45, 7) is 8.55. The van der Waals surface area contributed by atoms with E-state index in [9.17, 15) is 9.59 Å². The Kier molecular flexibility index (Phi) is 7.02. The Morgan fingerprint density at radius 1 is 1.00 bits per heavy atom. The van der Waals surface area contributed by atoms with Gasteiger partial charge in [0.1, 0.15) is 0 Å². The summed E-state index contributed by atoms with van der Waals surface area (Å²) < 4.78 is 5.48. The van der Waals surface area contributed by atoms with Gasteiger partial charge >= 0.3 is 0 Å². The SMILES string of the molecule is CC(=O)N1CCN(Cc2ccc(NC(=O)C3CCCN3C3CCOCC3)cc2)CC1. The molecule has 2 amide bonds. The molecule has 1 atom stereocenters. The molecule has 3 heterocycles. The van der Waals surface area contributed by atoms with Crippen LogP contribution >= 0.6 is 0 Å². The lowest BCUT2D eigenvalue weighted by Gasteiger charge is -2.34. The standard InChI is InChI=1S/C23H34N4O3/c1-18(28)26-13-11-25(12-14-26)17-19-4-6-20(7-5-19)24-23(29)22-3-2-10-27(22)21-8-15-30-16-9-21/h4-7,21-22H,2-3,8-17H2,1H3,(H,24,29). The Morgan fingerprint density at radius 2 is 1.70 bits per heavy atom. The zero-order valence-corrected chi connectivity index (χ0v) is 18.0. The number of hydrogen-bond donors (Lipinski definition) is 1. The molecule has 1 unspecified atom stereocenters. The van der Waals surface area contributed by atoms with E-state index in [-0.39, 0.29) is 17.9 Å². The van der Waals surface area contributed by atoms with Gasteiger partial charge in [0, 0.05) is 64.6 Å². The lowest BCUT2D eigenvalue weighted by molar-refractivity contribution is -0.130. The third-order valence-corrected chi connectivity index (χ3v) is 6.70. The van der Waals surface area contributed by atoms with E-state index in [0.29, 0.717) is 6.04 Å². The molecule has 7 nitrogen and oxygen atoms in total. The van der Waals surface area contributed by atoms with Crippen LogP contribution in [0.1, 0.15) is 38.2 Å². The molecule has 3 fully saturated rings. The number of carbonyl (C=O) groups is 2. The predicted octanol–water partition coefficient (Wildman–Crippen LogP) is 1.93. The van der Waals surface area contributed by atoms with Gasteiger partial charge in [-0.25, -0.2) is 0 Å². The number of anilines is 1. The first-order valence-electron chi connectivity index (χ1n) is 11.3. The molecule has 3 aliphatic heterocycles. The predicted molar refractivity (Wildman–Crippen MR) is 116 cm³/mol. The highest BCUT2D eigenvalue weighted by atomic mass is 16.5. The molecule has 7 heteroatoms. The molecule has 0 aromatic heterocycles. The van der Waals surface area contributed by atoms with Crippen LogP contribution in [0.25, 0.3) is 0 Å². The minimum atomic E-state index is -0.0228. The molecule has 0 spiro atoms. The van der Waals surface area contributed by atoms with E-state index < -0.39 is 0 Å². The molecular formula is C23H34N4O3. The van der Waals surface area contributed by atoms with E-state index in [4.69, 9.17) is 4.74 Å². The Labute approximate surface area is 179 Å². The number of rotatable bonds is 5. The fraction of sp³-hybridized carbons (Fsp3) is 0.652. The number of amides is 2. The van der Waals surface area contributed by atoms with Crippen LogP contribution in [-0.4, -0.2) is 84.5 Å². The van der Waals surface area contributed by atoms with Crippen molar-refractivity contribution in [3.8, 4) is 0 Å². The maximum atomic E-state index is 12.9. The second kappa shape index (κ2) is 9.90. The van der Waals surface area contributed by atoms with Gasteiger partial charge in [-0.15, -0.1) is 0 Å². The lowest BCUT2D eigenvalue weighted by Crippen LogP contribution is -2.47. The van der Waals surface area contributed by atoms with Crippen molar-refractivity contribution in [3.05, 3.63) is 29.8 Å². The summed E-state index contributed by atoms with van der Waals surface area (Å²) in [5.74, 6) is 0.277. The summed E-state index contributed by atoms with van der Waals surface area (Å²) in [6.07, 6.45) is 4.08. The van der Waals surface area contributed by atoms with E-state index in [1.165, 1.54) is 5.56 Å². The van der Waals surface area contributed by atoms with E-state index in [0.717, 1.165) is 83.9 Å². The minimum absolute atomic E-state index is 0.0228. The van der Waals surface area contributed by atoms with E-state index in [2.05, 4.69) is 27.2 Å². The number of hydrogen-bond acceptors (Lipinski definition) is 5. The molecule has 3 aliphatic rings. The van der Waals surface area contributed by atoms with Gasteiger partial charge in [-0.05, 0) is 49.9 Å². The molecule has 0 aliphatic carbocycles. The molecule has 3 saturated heterocycles.